The number of benzene rings is 2. The molecule has 0 aromatic heterocycles. The first-order valence-electron chi connectivity index (χ1n) is 9.88. The van der Waals surface area contributed by atoms with Crippen molar-refractivity contribution in [1.82, 2.24) is 10.2 Å². The van der Waals surface area contributed by atoms with Gasteiger partial charge in [-0.15, -0.1) is 0 Å². The van der Waals surface area contributed by atoms with Crippen molar-refractivity contribution in [3.05, 3.63) is 67.6 Å². The Morgan fingerprint density at radius 3 is 2.60 bits per heavy atom. The molecule has 1 saturated heterocycles. The van der Waals surface area contributed by atoms with Gasteiger partial charge in [0.2, 0.25) is 5.91 Å². The summed E-state index contributed by atoms with van der Waals surface area (Å²) in [4.78, 5) is 14.9. The van der Waals surface area contributed by atoms with Gasteiger partial charge in [-0.2, -0.15) is 11.8 Å². The highest BCUT2D eigenvalue weighted by atomic mass is 35.5. The van der Waals surface area contributed by atoms with Crippen molar-refractivity contribution in [2.45, 2.75) is 25.1 Å². The van der Waals surface area contributed by atoms with Gasteiger partial charge in [0.15, 0.2) is 0 Å². The Labute approximate surface area is 202 Å². The topological polar surface area (TPSA) is 32.3 Å². The summed E-state index contributed by atoms with van der Waals surface area (Å²) in [5.41, 5.74) is 1.98. The third-order valence-electron chi connectivity index (χ3n) is 5.14. The number of rotatable bonds is 8. The van der Waals surface area contributed by atoms with E-state index >= 15 is 0 Å². The summed E-state index contributed by atoms with van der Waals surface area (Å²) in [7, 11) is 0. The zero-order valence-corrected chi connectivity index (χ0v) is 20.3. The Bertz CT molecular complexity index is 860. The van der Waals surface area contributed by atoms with Crippen LogP contribution >= 0.6 is 58.2 Å². The number of nitrogens with zero attached hydrogens (tertiary/aromatic N) is 1. The molecular formula is C22H24Cl4N2OS. The van der Waals surface area contributed by atoms with Crippen molar-refractivity contribution in [3.8, 4) is 0 Å². The predicted octanol–water partition coefficient (Wildman–Crippen LogP) is 6.56. The number of nitrogens with one attached hydrogen (secondary N) is 1. The van der Waals surface area contributed by atoms with Crippen molar-refractivity contribution in [2.24, 2.45) is 5.92 Å². The smallest absolute Gasteiger partial charge is 0.224 e. The lowest BCUT2D eigenvalue weighted by Gasteiger charge is -2.32. The maximum atomic E-state index is 12.6. The van der Waals surface area contributed by atoms with Crippen molar-refractivity contribution in [2.75, 3.05) is 25.4 Å². The highest BCUT2D eigenvalue weighted by Gasteiger charge is 2.26. The van der Waals surface area contributed by atoms with Gasteiger partial charge in [0, 0.05) is 56.8 Å². The maximum Gasteiger partial charge on any atom is 0.224 e. The molecule has 0 radical (unpaired) electrons. The SMILES string of the molecule is O=C(NCCSCc1ccc(Cl)cc1Cl)C1CCCN(Cc2c(Cl)cccc2Cl)C1. The highest BCUT2D eigenvalue weighted by Crippen LogP contribution is 2.28. The second-order valence-electron chi connectivity index (χ2n) is 7.35. The number of hydrogen-bond donors (Lipinski definition) is 1. The molecule has 162 valence electrons. The molecule has 30 heavy (non-hydrogen) atoms. The van der Waals surface area contributed by atoms with Gasteiger partial charge in [-0.1, -0.05) is 58.5 Å². The molecular weight excluding hydrogens is 482 g/mol. The maximum absolute atomic E-state index is 12.6. The van der Waals surface area contributed by atoms with Gasteiger partial charge in [0.25, 0.3) is 0 Å². The van der Waals surface area contributed by atoms with Gasteiger partial charge in [0.05, 0.1) is 5.92 Å². The van der Waals surface area contributed by atoms with Gasteiger partial charge in [-0.3, -0.25) is 9.69 Å². The van der Waals surface area contributed by atoms with Crippen LogP contribution in [0.4, 0.5) is 0 Å². The van der Waals surface area contributed by atoms with E-state index in [2.05, 4.69) is 10.2 Å². The van der Waals surface area contributed by atoms with E-state index in [-0.39, 0.29) is 11.8 Å². The molecule has 8 heteroatoms. The number of hydrogen-bond acceptors (Lipinski definition) is 3. The fraction of sp³-hybridized carbons (Fsp3) is 0.409. The molecule has 0 aliphatic carbocycles. The average Bonchev–Trinajstić information content (AvgIpc) is 2.72. The van der Waals surface area contributed by atoms with E-state index in [0.717, 1.165) is 48.6 Å². The van der Waals surface area contributed by atoms with Crippen LogP contribution in [0.3, 0.4) is 0 Å². The first-order valence-corrected chi connectivity index (χ1v) is 12.6. The van der Waals surface area contributed by atoms with Crippen molar-refractivity contribution < 1.29 is 4.79 Å². The van der Waals surface area contributed by atoms with Crippen LogP contribution in [0.2, 0.25) is 20.1 Å². The Balaban J connectivity index is 1.41. The molecule has 1 aliphatic heterocycles. The van der Waals surface area contributed by atoms with Crippen LogP contribution in [0, 0.1) is 5.92 Å². The highest BCUT2D eigenvalue weighted by molar-refractivity contribution is 7.98. The second kappa shape index (κ2) is 11.8. The normalized spacial score (nSPS) is 17.1. The van der Waals surface area contributed by atoms with E-state index < -0.39 is 0 Å². The minimum atomic E-state index is -0.00396. The molecule has 0 saturated carbocycles. The van der Waals surface area contributed by atoms with Gasteiger partial charge in [-0.05, 0) is 49.2 Å². The van der Waals surface area contributed by atoms with Crippen LogP contribution in [0.15, 0.2) is 36.4 Å². The lowest BCUT2D eigenvalue weighted by Crippen LogP contribution is -2.43. The van der Waals surface area contributed by atoms with E-state index in [1.165, 1.54) is 0 Å². The van der Waals surface area contributed by atoms with Gasteiger partial charge in [-0.25, -0.2) is 0 Å². The largest absolute Gasteiger partial charge is 0.355 e. The quantitative estimate of drug-likeness (QED) is 0.412. The van der Waals surface area contributed by atoms with Gasteiger partial charge < -0.3 is 5.32 Å². The number of piperidine rings is 1. The summed E-state index contributed by atoms with van der Waals surface area (Å²) in [6, 6.07) is 11.1. The number of carbonyl (C=O) groups excluding carboxylic acids is 1. The van der Waals surface area contributed by atoms with Crippen molar-refractivity contribution >= 4 is 64.1 Å². The van der Waals surface area contributed by atoms with E-state index in [0.29, 0.717) is 33.2 Å². The first kappa shape index (κ1) is 24.0. The van der Waals surface area contributed by atoms with Crippen LogP contribution in [0.1, 0.15) is 24.0 Å². The predicted molar refractivity (Wildman–Crippen MR) is 130 cm³/mol. The minimum Gasteiger partial charge on any atom is -0.355 e. The standard InChI is InChI=1S/C22H24Cl4N2OS/c23-17-7-6-16(21(26)11-17)14-30-10-8-27-22(29)15-3-2-9-28(12-15)13-18-19(24)4-1-5-20(18)25/h1,4-7,11,15H,2-3,8-10,12-14H2,(H,27,29). The number of likely N-dealkylation sites (tertiary alicyclic amines) is 1. The van der Waals surface area contributed by atoms with Crippen LogP contribution < -0.4 is 5.32 Å². The van der Waals surface area contributed by atoms with Crippen LogP contribution in [0.25, 0.3) is 0 Å². The fourth-order valence-corrected chi connectivity index (χ4v) is 5.47. The number of carbonyl (C=O) groups is 1. The number of halogens is 4. The molecule has 1 atom stereocenters. The lowest BCUT2D eigenvalue weighted by molar-refractivity contribution is -0.126. The number of thioether (sulfide) groups is 1. The summed E-state index contributed by atoms with van der Waals surface area (Å²) in [6.45, 7) is 2.98. The zero-order valence-electron chi connectivity index (χ0n) is 16.5. The zero-order chi connectivity index (χ0) is 21.5. The molecule has 1 N–H and O–H groups in total. The van der Waals surface area contributed by atoms with E-state index in [9.17, 15) is 4.79 Å². The van der Waals surface area contributed by atoms with E-state index in [1.807, 2.05) is 30.3 Å². The molecule has 1 fully saturated rings. The van der Waals surface area contributed by atoms with Crippen molar-refractivity contribution in [3.63, 3.8) is 0 Å². The van der Waals surface area contributed by atoms with Crippen LogP contribution in [-0.2, 0) is 17.1 Å². The Morgan fingerprint density at radius 1 is 1.10 bits per heavy atom. The molecule has 0 bridgehead atoms. The molecule has 3 nitrogen and oxygen atoms in total. The molecule has 1 heterocycles. The van der Waals surface area contributed by atoms with E-state index in [4.69, 9.17) is 46.4 Å². The third kappa shape index (κ3) is 6.94. The van der Waals surface area contributed by atoms with Crippen LogP contribution in [-0.4, -0.2) is 36.2 Å². The summed E-state index contributed by atoms with van der Waals surface area (Å²) in [6.07, 6.45) is 1.90. The van der Waals surface area contributed by atoms with E-state index in [1.54, 1.807) is 17.8 Å². The first-order chi connectivity index (χ1) is 14.4. The Morgan fingerprint density at radius 2 is 1.87 bits per heavy atom. The Kier molecular flexibility index (Phi) is 9.49. The average molecular weight is 506 g/mol. The molecule has 2 aromatic carbocycles. The molecule has 0 spiro atoms. The van der Waals surface area contributed by atoms with Crippen LogP contribution in [0.5, 0.6) is 0 Å². The minimum absolute atomic E-state index is 0.00396. The summed E-state index contributed by atoms with van der Waals surface area (Å²) in [5.74, 6) is 1.74. The monoisotopic (exact) mass is 504 g/mol. The van der Waals surface area contributed by atoms with Gasteiger partial charge >= 0.3 is 0 Å². The Hall–Kier alpha value is -0.620. The summed E-state index contributed by atoms with van der Waals surface area (Å²) in [5, 5.41) is 5.74. The second-order valence-corrected chi connectivity index (χ2v) is 10.1. The lowest BCUT2D eigenvalue weighted by atomic mass is 9.96. The molecule has 1 amide bonds. The molecule has 1 aliphatic rings. The molecule has 1 unspecified atom stereocenters. The van der Waals surface area contributed by atoms with Crippen molar-refractivity contribution in [1.29, 1.82) is 0 Å². The summed E-state index contributed by atoms with van der Waals surface area (Å²) < 4.78 is 0. The number of amides is 1. The fourth-order valence-electron chi connectivity index (χ4n) is 3.53. The third-order valence-corrected chi connectivity index (χ3v) is 7.44. The van der Waals surface area contributed by atoms with Gasteiger partial charge in [0.1, 0.15) is 0 Å². The molecule has 3 rings (SSSR count). The summed E-state index contributed by atoms with van der Waals surface area (Å²) >= 11 is 26.5. The molecule has 2 aromatic rings.